The zero-order valence-corrected chi connectivity index (χ0v) is 11.2. The number of rotatable bonds is 2. The molecule has 2 N–H and O–H groups in total. The molecule has 1 aliphatic carbocycles. The maximum Gasteiger partial charge on any atom is 0.127 e. The summed E-state index contributed by atoms with van der Waals surface area (Å²) in [6.07, 6.45) is 5.49. The maximum absolute atomic E-state index is 6.66. The number of hydrogen-bond acceptors (Lipinski definition) is 3. The van der Waals surface area contributed by atoms with Crippen molar-refractivity contribution < 1.29 is 9.47 Å². The molecule has 0 amide bonds. The first-order chi connectivity index (χ1) is 8.65. The van der Waals surface area contributed by atoms with Gasteiger partial charge in [0.05, 0.1) is 13.7 Å². The normalized spacial score (nSPS) is 20.6. The number of hydrogen-bond donors (Lipinski definition) is 1. The van der Waals surface area contributed by atoms with Gasteiger partial charge in [0, 0.05) is 23.1 Å². The number of methoxy groups -OCH3 is 1. The molecule has 98 valence electrons. The Morgan fingerprint density at radius 1 is 1.33 bits per heavy atom. The van der Waals surface area contributed by atoms with E-state index in [9.17, 15) is 0 Å². The quantitative estimate of drug-likeness (QED) is 0.873. The average Bonchev–Trinajstić information content (AvgIpc) is 2.96. The minimum atomic E-state index is -0.213. The number of aryl methyl sites for hydroxylation is 1. The van der Waals surface area contributed by atoms with Gasteiger partial charge in [0.2, 0.25) is 0 Å². The smallest absolute Gasteiger partial charge is 0.127 e. The van der Waals surface area contributed by atoms with E-state index in [1.54, 1.807) is 7.11 Å². The van der Waals surface area contributed by atoms with Crippen LogP contribution in [0.15, 0.2) is 6.07 Å². The predicted octanol–water partition coefficient (Wildman–Crippen LogP) is 2.67. The van der Waals surface area contributed by atoms with Gasteiger partial charge in [0.15, 0.2) is 0 Å². The monoisotopic (exact) mass is 247 g/mol. The van der Waals surface area contributed by atoms with Crippen LogP contribution in [0.4, 0.5) is 0 Å². The van der Waals surface area contributed by atoms with E-state index in [4.69, 9.17) is 15.2 Å². The minimum Gasteiger partial charge on any atom is -0.496 e. The Hall–Kier alpha value is -1.22. The van der Waals surface area contributed by atoms with Gasteiger partial charge in [-0.15, -0.1) is 0 Å². The van der Waals surface area contributed by atoms with Crippen LogP contribution in [0.3, 0.4) is 0 Å². The summed E-state index contributed by atoms with van der Waals surface area (Å²) in [7, 11) is 1.74. The van der Waals surface area contributed by atoms with E-state index in [0.29, 0.717) is 0 Å². The Morgan fingerprint density at radius 2 is 2.06 bits per heavy atom. The van der Waals surface area contributed by atoms with Gasteiger partial charge < -0.3 is 15.2 Å². The highest BCUT2D eigenvalue weighted by Gasteiger charge is 2.38. The van der Waals surface area contributed by atoms with Crippen LogP contribution in [0.5, 0.6) is 11.5 Å². The van der Waals surface area contributed by atoms with Crippen molar-refractivity contribution in [3.8, 4) is 11.5 Å². The maximum atomic E-state index is 6.66. The van der Waals surface area contributed by atoms with Gasteiger partial charge in [-0.2, -0.15) is 0 Å². The molecule has 1 heterocycles. The largest absolute Gasteiger partial charge is 0.496 e. The van der Waals surface area contributed by atoms with Crippen molar-refractivity contribution >= 4 is 0 Å². The third-order valence-electron chi connectivity index (χ3n) is 4.34. The van der Waals surface area contributed by atoms with E-state index in [0.717, 1.165) is 42.9 Å². The second-order valence-electron chi connectivity index (χ2n) is 5.54. The van der Waals surface area contributed by atoms with Crippen LogP contribution < -0.4 is 15.2 Å². The minimum absolute atomic E-state index is 0.213. The van der Waals surface area contributed by atoms with E-state index >= 15 is 0 Å². The van der Waals surface area contributed by atoms with Crippen LogP contribution in [-0.2, 0) is 12.0 Å². The molecular weight excluding hydrogens is 226 g/mol. The SMILES string of the molecule is COc1c(C)cc2c(c1C1(N)CCCC1)CCO2. The summed E-state index contributed by atoms with van der Waals surface area (Å²) in [6.45, 7) is 2.84. The fourth-order valence-corrected chi connectivity index (χ4v) is 3.49. The second kappa shape index (κ2) is 4.16. The summed E-state index contributed by atoms with van der Waals surface area (Å²) < 4.78 is 11.4. The Kier molecular flexibility index (Phi) is 2.74. The molecule has 1 aromatic carbocycles. The molecule has 18 heavy (non-hydrogen) atoms. The standard InChI is InChI=1S/C15H21NO2/c1-10-9-12-11(5-8-18-12)13(14(10)17-2)15(16)6-3-4-7-15/h9H,3-8,16H2,1-2H3. The molecule has 0 aromatic heterocycles. The van der Waals surface area contributed by atoms with Gasteiger partial charge in [-0.05, 0) is 31.4 Å². The first-order valence-corrected chi connectivity index (χ1v) is 6.78. The van der Waals surface area contributed by atoms with Crippen LogP contribution in [0.25, 0.3) is 0 Å². The first-order valence-electron chi connectivity index (χ1n) is 6.78. The van der Waals surface area contributed by atoms with Gasteiger partial charge in [-0.25, -0.2) is 0 Å². The van der Waals surface area contributed by atoms with E-state index < -0.39 is 0 Å². The van der Waals surface area contributed by atoms with Crippen molar-refractivity contribution in [3.63, 3.8) is 0 Å². The zero-order chi connectivity index (χ0) is 12.8. The highest BCUT2D eigenvalue weighted by Crippen LogP contribution is 2.47. The van der Waals surface area contributed by atoms with Crippen molar-refractivity contribution in [3.05, 3.63) is 22.8 Å². The molecule has 0 spiro atoms. The van der Waals surface area contributed by atoms with E-state index in [1.807, 2.05) is 0 Å². The van der Waals surface area contributed by atoms with Crippen molar-refractivity contribution in [2.75, 3.05) is 13.7 Å². The predicted molar refractivity (Wildman–Crippen MR) is 71.3 cm³/mol. The molecule has 3 heteroatoms. The van der Waals surface area contributed by atoms with E-state index in [2.05, 4.69) is 13.0 Å². The van der Waals surface area contributed by atoms with Crippen molar-refractivity contribution in [1.29, 1.82) is 0 Å². The molecule has 1 aliphatic heterocycles. The van der Waals surface area contributed by atoms with Crippen LogP contribution >= 0.6 is 0 Å². The average molecular weight is 247 g/mol. The fourth-order valence-electron chi connectivity index (χ4n) is 3.49. The lowest BCUT2D eigenvalue weighted by atomic mass is 9.83. The summed E-state index contributed by atoms with van der Waals surface area (Å²) in [5.41, 5.74) is 10.1. The Balaban J connectivity index is 2.22. The second-order valence-corrected chi connectivity index (χ2v) is 5.54. The number of benzene rings is 1. The number of nitrogens with two attached hydrogens (primary N) is 1. The summed E-state index contributed by atoms with van der Waals surface area (Å²) >= 11 is 0. The molecule has 1 aromatic rings. The fraction of sp³-hybridized carbons (Fsp3) is 0.600. The molecule has 2 aliphatic rings. The van der Waals surface area contributed by atoms with Gasteiger partial charge in [0.1, 0.15) is 11.5 Å². The number of ether oxygens (including phenoxy) is 2. The first kappa shape index (κ1) is 11.8. The molecule has 0 radical (unpaired) electrons. The molecular formula is C15H21NO2. The Bertz CT molecular complexity index is 472. The van der Waals surface area contributed by atoms with E-state index in [-0.39, 0.29) is 5.54 Å². The van der Waals surface area contributed by atoms with Gasteiger partial charge in [-0.3, -0.25) is 0 Å². The lowest BCUT2D eigenvalue weighted by molar-refractivity contribution is 0.355. The molecule has 0 atom stereocenters. The lowest BCUT2D eigenvalue weighted by Crippen LogP contribution is -2.34. The molecule has 0 saturated heterocycles. The molecule has 0 bridgehead atoms. The third-order valence-corrected chi connectivity index (χ3v) is 4.34. The third kappa shape index (κ3) is 1.61. The molecule has 1 saturated carbocycles. The Morgan fingerprint density at radius 3 is 2.72 bits per heavy atom. The van der Waals surface area contributed by atoms with E-state index in [1.165, 1.54) is 24.0 Å². The van der Waals surface area contributed by atoms with Crippen LogP contribution in [0.2, 0.25) is 0 Å². The van der Waals surface area contributed by atoms with Crippen LogP contribution in [0.1, 0.15) is 42.4 Å². The summed E-state index contributed by atoms with van der Waals surface area (Å²) in [5.74, 6) is 1.99. The molecule has 3 nitrogen and oxygen atoms in total. The highest BCUT2D eigenvalue weighted by atomic mass is 16.5. The molecule has 1 fully saturated rings. The van der Waals surface area contributed by atoms with Crippen LogP contribution in [-0.4, -0.2) is 13.7 Å². The summed E-state index contributed by atoms with van der Waals surface area (Å²) in [6, 6.07) is 2.09. The topological polar surface area (TPSA) is 44.5 Å². The number of fused-ring (bicyclic) bond motifs is 1. The van der Waals surface area contributed by atoms with Gasteiger partial charge >= 0.3 is 0 Å². The molecule has 0 unspecified atom stereocenters. The highest BCUT2D eigenvalue weighted by molar-refractivity contribution is 5.57. The van der Waals surface area contributed by atoms with Crippen molar-refractivity contribution in [2.24, 2.45) is 5.73 Å². The van der Waals surface area contributed by atoms with Crippen molar-refractivity contribution in [1.82, 2.24) is 0 Å². The van der Waals surface area contributed by atoms with Gasteiger partial charge in [0.25, 0.3) is 0 Å². The molecule has 3 rings (SSSR count). The zero-order valence-electron chi connectivity index (χ0n) is 11.2. The summed E-state index contributed by atoms with van der Waals surface area (Å²) in [4.78, 5) is 0. The van der Waals surface area contributed by atoms with Crippen LogP contribution in [0, 0.1) is 6.92 Å². The Labute approximate surface area is 108 Å². The van der Waals surface area contributed by atoms with Crippen molar-refractivity contribution in [2.45, 2.75) is 44.6 Å². The summed E-state index contributed by atoms with van der Waals surface area (Å²) in [5, 5.41) is 0. The lowest BCUT2D eigenvalue weighted by Gasteiger charge is -2.29. The van der Waals surface area contributed by atoms with Gasteiger partial charge in [-0.1, -0.05) is 12.8 Å².